The van der Waals surface area contributed by atoms with E-state index >= 15 is 0 Å². The molecule has 4 rings (SSSR count). The quantitative estimate of drug-likeness (QED) is 0.546. The van der Waals surface area contributed by atoms with Gasteiger partial charge in [0.1, 0.15) is 24.6 Å². The Morgan fingerprint density at radius 1 is 1.03 bits per heavy atom. The molecule has 3 heteroatoms. The van der Waals surface area contributed by atoms with Gasteiger partial charge < -0.3 is 9.84 Å². The molecule has 2 unspecified atom stereocenters. The third-order valence-electron chi connectivity index (χ3n) is 9.90. The molecule has 0 amide bonds. The first-order valence-electron chi connectivity index (χ1n) is 12.0. The van der Waals surface area contributed by atoms with E-state index in [1.807, 2.05) is 6.92 Å². The maximum atomic E-state index is 12.3. The molecule has 0 bridgehead atoms. The van der Waals surface area contributed by atoms with E-state index in [0.29, 0.717) is 23.0 Å². The first-order chi connectivity index (χ1) is 14.2. The van der Waals surface area contributed by atoms with E-state index in [-0.39, 0.29) is 24.5 Å². The van der Waals surface area contributed by atoms with Gasteiger partial charge in [0.05, 0.1) is 0 Å². The van der Waals surface area contributed by atoms with E-state index in [4.69, 9.17) is 11.2 Å². The van der Waals surface area contributed by atoms with E-state index < -0.39 is 5.60 Å². The number of terminal acetylenes is 1. The van der Waals surface area contributed by atoms with Crippen LogP contribution in [0.1, 0.15) is 78.6 Å². The molecule has 3 nitrogen and oxygen atoms in total. The Balaban J connectivity index is 1.48. The Hall–Kier alpha value is -1.29. The molecule has 0 saturated heterocycles. The summed E-state index contributed by atoms with van der Waals surface area (Å²) in [7, 11) is 0. The number of rotatable bonds is 3. The van der Waals surface area contributed by atoms with Crippen LogP contribution < -0.4 is 0 Å². The van der Waals surface area contributed by atoms with E-state index in [0.717, 1.165) is 37.5 Å². The normalized spacial score (nSPS) is 47.1. The highest BCUT2D eigenvalue weighted by Gasteiger charge is 2.61. The number of hydrogen-bond acceptors (Lipinski definition) is 3. The van der Waals surface area contributed by atoms with Gasteiger partial charge in [-0.2, -0.15) is 0 Å². The number of carbonyl (C=O) groups is 1. The van der Waals surface area contributed by atoms with Crippen LogP contribution in [0.5, 0.6) is 0 Å². The third-order valence-corrected chi connectivity index (χ3v) is 9.90. The predicted octanol–water partition coefficient (Wildman–Crippen LogP) is 4.62. The van der Waals surface area contributed by atoms with Gasteiger partial charge in [-0.05, 0) is 99.2 Å². The van der Waals surface area contributed by atoms with Crippen molar-refractivity contribution in [3.63, 3.8) is 0 Å². The van der Waals surface area contributed by atoms with Crippen molar-refractivity contribution in [2.75, 3.05) is 13.2 Å². The van der Waals surface area contributed by atoms with Crippen LogP contribution in [0.3, 0.4) is 0 Å². The molecule has 4 saturated carbocycles. The minimum absolute atomic E-state index is 0.218. The Labute approximate surface area is 182 Å². The summed E-state index contributed by atoms with van der Waals surface area (Å²) in [6, 6.07) is 0. The van der Waals surface area contributed by atoms with Gasteiger partial charge in [-0.3, -0.25) is 4.79 Å². The van der Waals surface area contributed by atoms with Crippen LogP contribution in [0.25, 0.3) is 0 Å². The number of carbonyl (C=O) groups excluding carboxylic acids is 1. The second-order valence-electron chi connectivity index (χ2n) is 11.2. The molecule has 0 aromatic carbocycles. The number of aliphatic hydroxyl groups is 1. The van der Waals surface area contributed by atoms with E-state index in [2.05, 4.69) is 31.6 Å². The zero-order valence-corrected chi connectivity index (χ0v) is 19.0. The second kappa shape index (κ2) is 8.00. The molecule has 0 heterocycles. The highest BCUT2D eigenvalue weighted by molar-refractivity contribution is 5.79. The third kappa shape index (κ3) is 3.53. The Morgan fingerprint density at radius 2 is 1.80 bits per heavy atom. The summed E-state index contributed by atoms with van der Waals surface area (Å²) >= 11 is 0. The van der Waals surface area contributed by atoms with E-state index in [1.165, 1.54) is 32.1 Å². The fourth-order valence-electron chi connectivity index (χ4n) is 8.39. The van der Waals surface area contributed by atoms with Crippen molar-refractivity contribution in [3.8, 4) is 24.2 Å². The van der Waals surface area contributed by atoms with E-state index in [9.17, 15) is 9.90 Å². The van der Waals surface area contributed by atoms with Crippen LogP contribution >= 0.6 is 0 Å². The molecule has 1 N–H and O–H groups in total. The van der Waals surface area contributed by atoms with Crippen LogP contribution in [-0.4, -0.2) is 29.7 Å². The molecule has 0 spiro atoms. The summed E-state index contributed by atoms with van der Waals surface area (Å²) in [4.78, 5) is 12.3. The van der Waals surface area contributed by atoms with Gasteiger partial charge in [0, 0.05) is 5.92 Å². The van der Waals surface area contributed by atoms with Crippen molar-refractivity contribution in [2.45, 2.75) is 84.2 Å². The molecule has 164 valence electrons. The lowest BCUT2D eigenvalue weighted by atomic mass is 9.44. The molecule has 30 heavy (non-hydrogen) atoms. The molecule has 4 aliphatic rings. The minimum Gasteiger partial charge on any atom is -0.378 e. The van der Waals surface area contributed by atoms with Crippen LogP contribution in [0, 0.1) is 64.6 Å². The monoisotopic (exact) mass is 410 g/mol. The highest BCUT2D eigenvalue weighted by atomic mass is 16.5. The molecule has 4 fully saturated rings. The van der Waals surface area contributed by atoms with Crippen molar-refractivity contribution in [2.24, 2.45) is 40.4 Å². The Morgan fingerprint density at radius 3 is 2.53 bits per heavy atom. The molecule has 4 aliphatic carbocycles. The summed E-state index contributed by atoms with van der Waals surface area (Å²) in [5, 5.41) is 11.2. The fourth-order valence-corrected chi connectivity index (χ4v) is 8.39. The maximum Gasteiger partial charge on any atom is 0.133 e. The summed E-state index contributed by atoms with van der Waals surface area (Å²) in [6.45, 7) is 7.28. The molecule has 0 aliphatic heterocycles. The average molecular weight is 411 g/mol. The molecule has 0 radical (unpaired) electrons. The number of Topliss-reactive ketones (excluding diaryl/α,β-unsaturated/α-hetero) is 1. The van der Waals surface area contributed by atoms with Crippen LogP contribution in [-0.2, 0) is 9.53 Å². The summed E-state index contributed by atoms with van der Waals surface area (Å²) in [6.07, 6.45) is 15.0. The second-order valence-corrected chi connectivity index (χ2v) is 11.2. The van der Waals surface area contributed by atoms with Crippen molar-refractivity contribution in [1.82, 2.24) is 0 Å². The maximum absolute atomic E-state index is 12.3. The van der Waals surface area contributed by atoms with Gasteiger partial charge in [0.25, 0.3) is 0 Å². The van der Waals surface area contributed by atoms with Crippen LogP contribution in [0.4, 0.5) is 0 Å². The summed E-state index contributed by atoms with van der Waals surface area (Å²) in [5.74, 6) is 12.0. The van der Waals surface area contributed by atoms with Gasteiger partial charge in [-0.15, -0.1) is 6.42 Å². The SMILES string of the molecule is C#CCOCC#CC1(O)CC[C@@]2(C)C(CC[C@H]3[C@@H]4CC[C@H](C(C)=O)[C@@]4(C)CC[C@@H]32)C1. The van der Waals surface area contributed by atoms with Gasteiger partial charge in [0.2, 0.25) is 0 Å². The lowest BCUT2D eigenvalue weighted by Crippen LogP contribution is -2.56. The van der Waals surface area contributed by atoms with E-state index in [1.54, 1.807) is 0 Å². The highest BCUT2D eigenvalue weighted by Crippen LogP contribution is 2.68. The Kier molecular flexibility index (Phi) is 5.85. The van der Waals surface area contributed by atoms with Crippen molar-refractivity contribution in [1.29, 1.82) is 0 Å². The van der Waals surface area contributed by atoms with Gasteiger partial charge >= 0.3 is 0 Å². The van der Waals surface area contributed by atoms with Crippen LogP contribution in [0.15, 0.2) is 0 Å². The average Bonchev–Trinajstić information content (AvgIpc) is 3.06. The summed E-state index contributed by atoms with van der Waals surface area (Å²) < 4.78 is 5.25. The predicted molar refractivity (Wildman–Crippen MR) is 118 cm³/mol. The number of fused-ring (bicyclic) bond motifs is 5. The first-order valence-corrected chi connectivity index (χ1v) is 12.0. The molecule has 8 atom stereocenters. The summed E-state index contributed by atoms with van der Waals surface area (Å²) in [5.41, 5.74) is -0.366. The topological polar surface area (TPSA) is 46.5 Å². The number of ketones is 1. The van der Waals surface area contributed by atoms with Crippen molar-refractivity contribution < 1.29 is 14.6 Å². The largest absolute Gasteiger partial charge is 0.378 e. The molecule has 0 aromatic heterocycles. The first kappa shape index (κ1) is 21.9. The molecule has 0 aromatic rings. The number of ether oxygens (including phenoxy) is 1. The smallest absolute Gasteiger partial charge is 0.133 e. The standard InChI is InChI=1S/C27H38O3/c1-5-16-30-17-6-12-27(29)15-14-25(3)20(18-27)7-8-21-23-10-9-22(19(2)28)26(23,4)13-11-24(21)25/h1,20-24,29H,7-11,13-18H2,2-4H3/t20?,21-,22+,23-,24-,25-,26+,27?/m0/s1. The van der Waals surface area contributed by atoms with Gasteiger partial charge in [0.15, 0.2) is 0 Å². The zero-order chi connectivity index (χ0) is 21.6. The fraction of sp³-hybridized carbons (Fsp3) is 0.815. The van der Waals surface area contributed by atoms with Crippen molar-refractivity contribution in [3.05, 3.63) is 0 Å². The van der Waals surface area contributed by atoms with Gasteiger partial charge in [-0.25, -0.2) is 0 Å². The van der Waals surface area contributed by atoms with Gasteiger partial charge in [-0.1, -0.05) is 31.6 Å². The molecular formula is C27H38O3. The van der Waals surface area contributed by atoms with Crippen LogP contribution in [0.2, 0.25) is 0 Å². The number of hydrogen-bond donors (Lipinski definition) is 1. The minimum atomic E-state index is -0.882. The zero-order valence-electron chi connectivity index (χ0n) is 19.0. The van der Waals surface area contributed by atoms with Crippen molar-refractivity contribution >= 4 is 5.78 Å². The molecular weight excluding hydrogens is 372 g/mol. The lowest BCUT2D eigenvalue weighted by molar-refractivity contribution is -0.144. The lowest BCUT2D eigenvalue weighted by Gasteiger charge is -2.61. The Bertz CT molecular complexity index is 784.